The molecule has 0 radical (unpaired) electrons. The van der Waals surface area contributed by atoms with Crippen molar-refractivity contribution in [1.82, 2.24) is 19.9 Å². The molecule has 4 rings (SSSR count). The molecule has 3 aromatic heterocycles. The fourth-order valence-corrected chi connectivity index (χ4v) is 2.85. The number of carbonyl (C=O) groups is 1. The third kappa shape index (κ3) is 3.68. The molecule has 0 aliphatic carbocycles. The number of nitrogens with one attached hydrogen (secondary N) is 2. The summed E-state index contributed by atoms with van der Waals surface area (Å²) in [6.07, 6.45) is 9.23. The van der Waals surface area contributed by atoms with Crippen LogP contribution >= 0.6 is 0 Å². The van der Waals surface area contributed by atoms with Gasteiger partial charge in [-0.2, -0.15) is 0 Å². The van der Waals surface area contributed by atoms with Gasteiger partial charge >= 0.3 is 0 Å². The highest BCUT2D eigenvalue weighted by atomic mass is 16.1. The zero-order valence-electron chi connectivity index (χ0n) is 14.8. The summed E-state index contributed by atoms with van der Waals surface area (Å²) in [6, 6.07) is 15.1. The second kappa shape index (κ2) is 8.05. The standard InChI is InChI=1S/C21H16N6O/c28-14-25-20-17(15-4-2-9-22-12-15)6-1-7-19(20)27-21-24-11-8-18(26-21)16-5-3-10-23-13-16/h1-14H,(H,25,28)(H,24,26,27). The molecule has 3 heterocycles. The molecule has 2 N–H and O–H groups in total. The third-order valence-corrected chi connectivity index (χ3v) is 4.10. The lowest BCUT2D eigenvalue weighted by molar-refractivity contribution is -0.105. The van der Waals surface area contributed by atoms with Crippen LogP contribution < -0.4 is 10.6 Å². The van der Waals surface area contributed by atoms with Crippen molar-refractivity contribution in [1.29, 1.82) is 0 Å². The monoisotopic (exact) mass is 368 g/mol. The normalized spacial score (nSPS) is 10.3. The highest BCUT2D eigenvalue weighted by Gasteiger charge is 2.12. The molecule has 0 fully saturated rings. The predicted octanol–water partition coefficient (Wildman–Crippen LogP) is 3.91. The van der Waals surface area contributed by atoms with Crippen LogP contribution in [0.3, 0.4) is 0 Å². The van der Waals surface area contributed by atoms with Crippen molar-refractivity contribution >= 4 is 23.7 Å². The van der Waals surface area contributed by atoms with Crippen LogP contribution in [0.25, 0.3) is 22.4 Å². The SMILES string of the molecule is O=CNc1c(Nc2nccc(-c3cccnc3)n2)cccc1-c1cccnc1. The topological polar surface area (TPSA) is 92.7 Å². The molecule has 7 nitrogen and oxygen atoms in total. The van der Waals surface area contributed by atoms with Crippen molar-refractivity contribution in [2.45, 2.75) is 0 Å². The van der Waals surface area contributed by atoms with Crippen molar-refractivity contribution < 1.29 is 4.79 Å². The largest absolute Gasteiger partial charge is 0.326 e. The molecule has 28 heavy (non-hydrogen) atoms. The Morgan fingerprint density at radius 2 is 1.61 bits per heavy atom. The Kier molecular flexibility index (Phi) is 4.97. The maximum atomic E-state index is 11.2. The second-order valence-electron chi connectivity index (χ2n) is 5.86. The van der Waals surface area contributed by atoms with Gasteiger partial charge in [-0.3, -0.25) is 14.8 Å². The van der Waals surface area contributed by atoms with E-state index in [1.165, 1.54) is 0 Å². The van der Waals surface area contributed by atoms with Gasteiger partial charge in [0.05, 0.1) is 17.1 Å². The Labute approximate surface area is 161 Å². The number of nitrogens with zero attached hydrogens (tertiary/aromatic N) is 4. The van der Waals surface area contributed by atoms with Crippen molar-refractivity contribution in [2.75, 3.05) is 10.6 Å². The minimum absolute atomic E-state index is 0.415. The van der Waals surface area contributed by atoms with Gasteiger partial charge in [-0.15, -0.1) is 0 Å². The van der Waals surface area contributed by atoms with E-state index < -0.39 is 0 Å². The number of para-hydroxylation sites is 1. The number of benzene rings is 1. The summed E-state index contributed by atoms with van der Waals surface area (Å²) < 4.78 is 0. The first-order chi connectivity index (χ1) is 13.8. The van der Waals surface area contributed by atoms with Gasteiger partial charge in [0.15, 0.2) is 0 Å². The van der Waals surface area contributed by atoms with E-state index in [0.29, 0.717) is 23.7 Å². The number of amides is 1. The van der Waals surface area contributed by atoms with Gasteiger partial charge in [0, 0.05) is 47.7 Å². The number of aromatic nitrogens is 4. The second-order valence-corrected chi connectivity index (χ2v) is 5.86. The number of hydrogen-bond acceptors (Lipinski definition) is 6. The summed E-state index contributed by atoms with van der Waals surface area (Å²) in [6.45, 7) is 0. The highest BCUT2D eigenvalue weighted by Crippen LogP contribution is 2.35. The molecule has 0 aliphatic heterocycles. The van der Waals surface area contributed by atoms with Crippen molar-refractivity contribution in [3.8, 4) is 22.4 Å². The summed E-state index contributed by atoms with van der Waals surface area (Å²) in [4.78, 5) is 28.3. The molecule has 1 aromatic carbocycles. The van der Waals surface area contributed by atoms with Crippen molar-refractivity contribution in [3.05, 3.63) is 79.5 Å². The Hall–Kier alpha value is -4.13. The molecule has 0 bridgehead atoms. The third-order valence-electron chi connectivity index (χ3n) is 4.10. The van der Waals surface area contributed by atoms with Gasteiger partial charge in [0.25, 0.3) is 0 Å². The number of carbonyl (C=O) groups excluding carboxylic acids is 1. The van der Waals surface area contributed by atoms with Crippen LogP contribution in [-0.4, -0.2) is 26.3 Å². The van der Waals surface area contributed by atoms with E-state index in [2.05, 4.69) is 30.6 Å². The molecule has 0 atom stereocenters. The lowest BCUT2D eigenvalue weighted by atomic mass is 10.0. The lowest BCUT2D eigenvalue weighted by Crippen LogP contribution is -2.04. The van der Waals surface area contributed by atoms with E-state index in [4.69, 9.17) is 0 Å². The summed E-state index contributed by atoms with van der Waals surface area (Å²) in [5.41, 5.74) is 4.68. The van der Waals surface area contributed by atoms with Gasteiger partial charge < -0.3 is 10.6 Å². The maximum absolute atomic E-state index is 11.2. The van der Waals surface area contributed by atoms with E-state index >= 15 is 0 Å². The Morgan fingerprint density at radius 3 is 2.32 bits per heavy atom. The first-order valence-corrected chi connectivity index (χ1v) is 8.59. The van der Waals surface area contributed by atoms with Crippen LogP contribution in [0.2, 0.25) is 0 Å². The molecule has 4 aromatic rings. The lowest BCUT2D eigenvalue weighted by Gasteiger charge is -2.15. The van der Waals surface area contributed by atoms with Crippen molar-refractivity contribution in [2.24, 2.45) is 0 Å². The Morgan fingerprint density at radius 1 is 0.821 bits per heavy atom. The van der Waals surface area contributed by atoms with Crippen LogP contribution in [0.4, 0.5) is 17.3 Å². The first-order valence-electron chi connectivity index (χ1n) is 8.59. The molecule has 1 amide bonds. The van der Waals surface area contributed by atoms with E-state index in [0.717, 1.165) is 22.4 Å². The summed E-state index contributed by atoms with van der Waals surface area (Å²) in [5.74, 6) is 0.415. The smallest absolute Gasteiger partial charge is 0.227 e. The van der Waals surface area contributed by atoms with Gasteiger partial charge in [-0.05, 0) is 30.3 Å². The number of rotatable bonds is 6. The van der Waals surface area contributed by atoms with Crippen LogP contribution in [0.5, 0.6) is 0 Å². The molecule has 0 saturated carbocycles. The molecule has 0 aliphatic rings. The van der Waals surface area contributed by atoms with E-state index in [1.807, 2.05) is 48.5 Å². The fourth-order valence-electron chi connectivity index (χ4n) is 2.85. The number of hydrogen-bond donors (Lipinski definition) is 2. The summed E-state index contributed by atoms with van der Waals surface area (Å²) in [5, 5.41) is 5.97. The zero-order chi connectivity index (χ0) is 19.2. The zero-order valence-corrected chi connectivity index (χ0v) is 14.8. The molecule has 0 spiro atoms. The average Bonchev–Trinajstić information content (AvgIpc) is 2.76. The van der Waals surface area contributed by atoms with Gasteiger partial charge in [-0.25, -0.2) is 9.97 Å². The Bertz CT molecular complexity index is 1090. The van der Waals surface area contributed by atoms with Crippen LogP contribution in [0, 0.1) is 0 Å². The fraction of sp³-hybridized carbons (Fsp3) is 0. The number of pyridine rings is 2. The number of anilines is 3. The maximum Gasteiger partial charge on any atom is 0.227 e. The van der Waals surface area contributed by atoms with Gasteiger partial charge in [-0.1, -0.05) is 18.2 Å². The van der Waals surface area contributed by atoms with Crippen molar-refractivity contribution in [3.63, 3.8) is 0 Å². The quantitative estimate of drug-likeness (QED) is 0.501. The van der Waals surface area contributed by atoms with Gasteiger partial charge in [0.1, 0.15) is 0 Å². The van der Waals surface area contributed by atoms with Gasteiger partial charge in [0.2, 0.25) is 12.4 Å². The predicted molar refractivity (Wildman–Crippen MR) is 108 cm³/mol. The molecule has 0 unspecified atom stereocenters. The highest BCUT2D eigenvalue weighted by molar-refractivity contribution is 5.93. The summed E-state index contributed by atoms with van der Waals surface area (Å²) in [7, 11) is 0. The molecular weight excluding hydrogens is 352 g/mol. The van der Waals surface area contributed by atoms with Crippen LogP contribution in [-0.2, 0) is 4.79 Å². The first kappa shape index (κ1) is 17.3. The molecule has 136 valence electrons. The van der Waals surface area contributed by atoms with E-state index in [9.17, 15) is 4.79 Å². The van der Waals surface area contributed by atoms with Crippen LogP contribution in [0.15, 0.2) is 79.5 Å². The molecular formula is C21H16N6O. The minimum atomic E-state index is 0.415. The average molecular weight is 368 g/mol. The summed E-state index contributed by atoms with van der Waals surface area (Å²) >= 11 is 0. The minimum Gasteiger partial charge on any atom is -0.326 e. The molecule has 7 heteroatoms. The van der Waals surface area contributed by atoms with Crippen LogP contribution in [0.1, 0.15) is 0 Å². The van der Waals surface area contributed by atoms with E-state index in [-0.39, 0.29) is 0 Å². The molecule has 0 saturated heterocycles. The Balaban J connectivity index is 1.71. The van der Waals surface area contributed by atoms with E-state index in [1.54, 1.807) is 31.0 Å².